The Morgan fingerprint density at radius 1 is 1.48 bits per heavy atom. The van der Waals surface area contributed by atoms with Crippen LogP contribution in [0.5, 0.6) is 0 Å². The number of aryl methyl sites for hydroxylation is 1. The maximum Gasteiger partial charge on any atom is 0.327 e. The van der Waals surface area contributed by atoms with Crippen LogP contribution in [0.2, 0.25) is 5.02 Å². The van der Waals surface area contributed by atoms with Crippen LogP contribution < -0.4 is 0 Å². The first-order valence-corrected chi connectivity index (χ1v) is 7.82. The molecular formula is C14H12ClNO4S. The Labute approximate surface area is 129 Å². The lowest BCUT2D eigenvalue weighted by Crippen LogP contribution is -2.41. The summed E-state index contributed by atoms with van der Waals surface area (Å²) in [6, 6.07) is 4.32. The van der Waals surface area contributed by atoms with E-state index in [1.807, 2.05) is 0 Å². The van der Waals surface area contributed by atoms with Gasteiger partial charge in [0, 0.05) is 21.7 Å². The van der Waals surface area contributed by atoms with Crippen LogP contribution in [0.3, 0.4) is 0 Å². The summed E-state index contributed by atoms with van der Waals surface area (Å²) in [6.07, 6.45) is 0. The van der Waals surface area contributed by atoms with Gasteiger partial charge in [0.25, 0.3) is 5.91 Å². The van der Waals surface area contributed by atoms with E-state index >= 15 is 0 Å². The number of carboxylic acids is 1. The number of benzene rings is 1. The SMILES string of the molecule is Cc1c(C(=O)N2CSCC2C(=O)O)oc2ccc(Cl)cc12. The molecule has 2 heterocycles. The number of rotatable bonds is 2. The Morgan fingerprint density at radius 2 is 2.24 bits per heavy atom. The van der Waals surface area contributed by atoms with E-state index in [0.717, 1.165) is 5.39 Å². The van der Waals surface area contributed by atoms with E-state index < -0.39 is 17.9 Å². The number of hydrogen-bond donors (Lipinski definition) is 1. The number of thioether (sulfide) groups is 1. The van der Waals surface area contributed by atoms with E-state index in [1.54, 1.807) is 25.1 Å². The van der Waals surface area contributed by atoms with Crippen LogP contribution in [0.1, 0.15) is 16.1 Å². The molecule has 0 saturated carbocycles. The Bertz CT molecular complexity index is 742. The normalized spacial score (nSPS) is 18.4. The zero-order valence-corrected chi connectivity index (χ0v) is 12.7. The Morgan fingerprint density at radius 3 is 2.95 bits per heavy atom. The summed E-state index contributed by atoms with van der Waals surface area (Å²) in [5.74, 6) is -0.456. The van der Waals surface area contributed by atoms with Crippen molar-refractivity contribution in [2.75, 3.05) is 11.6 Å². The molecule has 1 amide bonds. The van der Waals surface area contributed by atoms with E-state index in [1.165, 1.54) is 16.7 Å². The number of halogens is 1. The second-order valence-corrected chi connectivity index (χ2v) is 6.26. The number of carbonyl (C=O) groups is 2. The fourth-order valence-corrected chi connectivity index (χ4v) is 3.69. The minimum Gasteiger partial charge on any atom is -0.480 e. The van der Waals surface area contributed by atoms with Crippen molar-refractivity contribution in [2.45, 2.75) is 13.0 Å². The molecule has 1 fully saturated rings. The number of fused-ring (bicyclic) bond motifs is 1. The molecule has 1 unspecified atom stereocenters. The quantitative estimate of drug-likeness (QED) is 0.919. The first kappa shape index (κ1) is 14.3. The van der Waals surface area contributed by atoms with Gasteiger partial charge in [0.2, 0.25) is 0 Å². The van der Waals surface area contributed by atoms with Gasteiger partial charge >= 0.3 is 5.97 Å². The van der Waals surface area contributed by atoms with Crippen LogP contribution in [-0.4, -0.2) is 39.6 Å². The highest BCUT2D eigenvalue weighted by atomic mass is 35.5. The smallest absolute Gasteiger partial charge is 0.327 e. The van der Waals surface area contributed by atoms with Crippen molar-refractivity contribution in [1.29, 1.82) is 0 Å². The van der Waals surface area contributed by atoms with Crippen LogP contribution in [0, 0.1) is 6.92 Å². The van der Waals surface area contributed by atoms with Gasteiger partial charge in [-0.15, -0.1) is 11.8 Å². The van der Waals surface area contributed by atoms with Gasteiger partial charge < -0.3 is 14.4 Å². The minimum absolute atomic E-state index is 0.181. The van der Waals surface area contributed by atoms with Gasteiger partial charge in [-0.05, 0) is 25.1 Å². The summed E-state index contributed by atoms with van der Waals surface area (Å²) in [7, 11) is 0. The molecule has 3 rings (SSSR count). The van der Waals surface area contributed by atoms with E-state index in [2.05, 4.69) is 0 Å². The Balaban J connectivity index is 2.02. The third-order valence-corrected chi connectivity index (χ3v) is 4.77. The average molecular weight is 326 g/mol. The van der Waals surface area contributed by atoms with Crippen molar-refractivity contribution >= 4 is 46.2 Å². The lowest BCUT2D eigenvalue weighted by Gasteiger charge is -2.19. The number of hydrogen-bond acceptors (Lipinski definition) is 4. The lowest BCUT2D eigenvalue weighted by atomic mass is 10.1. The predicted octanol–water partition coefficient (Wildman–Crippen LogP) is 2.99. The van der Waals surface area contributed by atoms with Crippen molar-refractivity contribution in [3.05, 3.63) is 34.5 Å². The molecule has 1 aliphatic heterocycles. The first-order chi connectivity index (χ1) is 9.99. The molecule has 1 aliphatic rings. The summed E-state index contributed by atoms with van der Waals surface area (Å²) < 4.78 is 5.60. The number of aliphatic carboxylic acids is 1. The summed E-state index contributed by atoms with van der Waals surface area (Å²) in [4.78, 5) is 25.1. The van der Waals surface area contributed by atoms with Gasteiger partial charge in [0.15, 0.2) is 5.76 Å². The molecule has 2 aromatic rings. The van der Waals surface area contributed by atoms with Gasteiger partial charge in [0.1, 0.15) is 11.6 Å². The first-order valence-electron chi connectivity index (χ1n) is 6.29. The van der Waals surface area contributed by atoms with Crippen molar-refractivity contribution in [1.82, 2.24) is 4.90 Å². The van der Waals surface area contributed by atoms with Gasteiger partial charge in [-0.25, -0.2) is 4.79 Å². The van der Waals surface area contributed by atoms with E-state index in [0.29, 0.717) is 27.8 Å². The summed E-state index contributed by atoms with van der Waals surface area (Å²) in [5.41, 5.74) is 1.25. The predicted molar refractivity (Wildman–Crippen MR) is 80.9 cm³/mol. The highest BCUT2D eigenvalue weighted by molar-refractivity contribution is 7.99. The summed E-state index contributed by atoms with van der Waals surface area (Å²) >= 11 is 7.37. The molecule has 5 nitrogen and oxygen atoms in total. The van der Waals surface area contributed by atoms with Crippen LogP contribution in [0.4, 0.5) is 0 Å². The molecular weight excluding hydrogens is 314 g/mol. The highest BCUT2D eigenvalue weighted by Crippen LogP contribution is 2.31. The maximum atomic E-state index is 12.6. The lowest BCUT2D eigenvalue weighted by molar-refractivity contribution is -0.140. The number of furan rings is 1. The molecule has 0 radical (unpaired) electrons. The largest absolute Gasteiger partial charge is 0.480 e. The molecule has 21 heavy (non-hydrogen) atoms. The monoisotopic (exact) mass is 325 g/mol. The molecule has 0 bridgehead atoms. The van der Waals surface area contributed by atoms with Crippen molar-refractivity contribution in [3.63, 3.8) is 0 Å². The molecule has 1 aromatic carbocycles. The van der Waals surface area contributed by atoms with E-state index in [-0.39, 0.29) is 5.76 Å². The minimum atomic E-state index is -0.995. The average Bonchev–Trinajstić information content (AvgIpc) is 3.04. The van der Waals surface area contributed by atoms with Gasteiger partial charge in [-0.1, -0.05) is 11.6 Å². The van der Waals surface area contributed by atoms with Gasteiger partial charge in [-0.3, -0.25) is 4.79 Å². The van der Waals surface area contributed by atoms with Gasteiger partial charge in [0.05, 0.1) is 5.88 Å². The second-order valence-electron chi connectivity index (χ2n) is 4.83. The second kappa shape index (κ2) is 5.27. The maximum absolute atomic E-state index is 12.6. The Hall–Kier alpha value is -1.66. The number of carbonyl (C=O) groups excluding carboxylic acids is 1. The number of nitrogens with zero attached hydrogens (tertiary/aromatic N) is 1. The van der Waals surface area contributed by atoms with Crippen LogP contribution >= 0.6 is 23.4 Å². The third-order valence-electron chi connectivity index (χ3n) is 3.52. The van der Waals surface area contributed by atoms with Crippen molar-refractivity contribution in [3.8, 4) is 0 Å². The van der Waals surface area contributed by atoms with Crippen LogP contribution in [-0.2, 0) is 4.79 Å². The molecule has 7 heteroatoms. The van der Waals surface area contributed by atoms with Crippen molar-refractivity contribution < 1.29 is 19.1 Å². The van der Waals surface area contributed by atoms with Gasteiger partial charge in [-0.2, -0.15) is 0 Å². The fraction of sp³-hybridized carbons (Fsp3) is 0.286. The molecule has 1 atom stereocenters. The van der Waals surface area contributed by atoms with E-state index in [9.17, 15) is 9.59 Å². The fourth-order valence-electron chi connectivity index (χ4n) is 2.37. The standard InChI is InChI=1S/C14H12ClNO4S/c1-7-9-4-8(15)2-3-11(9)20-12(7)13(17)16-6-21-5-10(16)14(18)19/h2-4,10H,5-6H2,1H3,(H,18,19). The zero-order valence-electron chi connectivity index (χ0n) is 11.1. The molecule has 1 N–H and O–H groups in total. The summed E-state index contributed by atoms with van der Waals surface area (Å²) in [6.45, 7) is 1.77. The highest BCUT2D eigenvalue weighted by Gasteiger charge is 2.37. The third kappa shape index (κ3) is 2.38. The van der Waals surface area contributed by atoms with Crippen LogP contribution in [0.25, 0.3) is 11.0 Å². The molecule has 0 aliphatic carbocycles. The van der Waals surface area contributed by atoms with Crippen molar-refractivity contribution in [2.24, 2.45) is 0 Å². The van der Waals surface area contributed by atoms with E-state index in [4.69, 9.17) is 21.1 Å². The summed E-state index contributed by atoms with van der Waals surface area (Å²) in [5, 5.41) is 10.5. The topological polar surface area (TPSA) is 70.8 Å². The number of amides is 1. The zero-order chi connectivity index (χ0) is 15.1. The molecule has 1 aromatic heterocycles. The number of carboxylic acid groups (broad SMARTS) is 1. The molecule has 0 spiro atoms. The molecule has 110 valence electrons. The Kier molecular flexibility index (Phi) is 3.59. The van der Waals surface area contributed by atoms with Crippen LogP contribution in [0.15, 0.2) is 22.6 Å². The molecule has 1 saturated heterocycles.